The Morgan fingerprint density at radius 3 is 2.46 bits per heavy atom. The molecule has 6 heteroatoms. The zero-order valence-corrected chi connectivity index (χ0v) is 15.4. The van der Waals surface area contributed by atoms with E-state index >= 15 is 0 Å². The van der Waals surface area contributed by atoms with Gasteiger partial charge in [0.05, 0.1) is 11.8 Å². The van der Waals surface area contributed by atoms with Crippen molar-refractivity contribution in [3.05, 3.63) is 89.1 Å². The first kappa shape index (κ1) is 17.8. The number of carbonyl (C=O) groups excluding carboxylic acids is 1. The number of phenols is 1. The van der Waals surface area contributed by atoms with Gasteiger partial charge in [-0.25, -0.2) is 5.43 Å². The number of hydrogen-bond acceptors (Lipinski definition) is 4. The zero-order chi connectivity index (χ0) is 19.5. The van der Waals surface area contributed by atoms with Crippen LogP contribution in [0.25, 0.3) is 22.1 Å². The summed E-state index contributed by atoms with van der Waals surface area (Å²) in [7, 11) is 0. The molecule has 5 nitrogen and oxygen atoms in total. The van der Waals surface area contributed by atoms with Crippen LogP contribution in [0.5, 0.6) is 5.75 Å². The fraction of sp³-hybridized carbons (Fsp3) is 0. The van der Waals surface area contributed by atoms with E-state index in [1.807, 2.05) is 42.5 Å². The summed E-state index contributed by atoms with van der Waals surface area (Å²) in [5, 5.41) is 16.4. The lowest BCUT2D eigenvalue weighted by Crippen LogP contribution is -2.17. The van der Waals surface area contributed by atoms with Crippen LogP contribution in [0, 0.1) is 0 Å². The van der Waals surface area contributed by atoms with Crippen LogP contribution in [0.15, 0.2) is 82.3 Å². The van der Waals surface area contributed by atoms with Gasteiger partial charge in [0.1, 0.15) is 17.3 Å². The summed E-state index contributed by atoms with van der Waals surface area (Å²) in [5.74, 6) is 0.531. The molecule has 1 heterocycles. The van der Waals surface area contributed by atoms with Gasteiger partial charge in [0, 0.05) is 10.6 Å². The Kier molecular flexibility index (Phi) is 4.83. The molecule has 4 aromatic rings. The summed E-state index contributed by atoms with van der Waals surface area (Å²) in [6.45, 7) is 0. The van der Waals surface area contributed by atoms with E-state index in [1.165, 1.54) is 6.21 Å². The predicted octanol–water partition coefficient (Wildman–Crippen LogP) is 5.22. The molecule has 0 radical (unpaired) electrons. The molecule has 138 valence electrons. The first-order valence-electron chi connectivity index (χ1n) is 8.51. The number of furan rings is 1. The molecule has 1 aromatic heterocycles. The maximum Gasteiger partial charge on any atom is 0.275 e. The normalized spacial score (nSPS) is 11.2. The Labute approximate surface area is 165 Å². The number of phenolic OH excluding ortho intramolecular Hbond substituents is 1. The second kappa shape index (κ2) is 7.58. The lowest BCUT2D eigenvalue weighted by molar-refractivity contribution is 0.0952. The van der Waals surface area contributed by atoms with Crippen LogP contribution >= 0.6 is 11.6 Å². The van der Waals surface area contributed by atoms with Gasteiger partial charge in [-0.15, -0.1) is 0 Å². The van der Waals surface area contributed by atoms with Crippen molar-refractivity contribution in [1.82, 2.24) is 5.43 Å². The molecule has 0 atom stereocenters. The Balaban J connectivity index is 1.47. The number of fused-ring (bicyclic) bond motifs is 1. The molecule has 0 aliphatic carbocycles. The van der Waals surface area contributed by atoms with Crippen molar-refractivity contribution in [2.45, 2.75) is 0 Å². The maximum absolute atomic E-state index is 12.3. The van der Waals surface area contributed by atoms with Crippen molar-refractivity contribution in [3.63, 3.8) is 0 Å². The van der Waals surface area contributed by atoms with Crippen LogP contribution in [-0.2, 0) is 0 Å². The third kappa shape index (κ3) is 3.75. The fourth-order valence-electron chi connectivity index (χ4n) is 2.82. The minimum absolute atomic E-state index is 0.102. The van der Waals surface area contributed by atoms with Gasteiger partial charge in [0.15, 0.2) is 0 Å². The molecule has 1 amide bonds. The van der Waals surface area contributed by atoms with E-state index in [4.69, 9.17) is 16.0 Å². The van der Waals surface area contributed by atoms with Gasteiger partial charge in [0.25, 0.3) is 5.91 Å². The molecule has 0 aliphatic heterocycles. The van der Waals surface area contributed by atoms with Gasteiger partial charge < -0.3 is 9.52 Å². The third-order valence-electron chi connectivity index (χ3n) is 4.22. The first-order chi connectivity index (χ1) is 13.6. The van der Waals surface area contributed by atoms with Crippen LogP contribution in [0.3, 0.4) is 0 Å². The highest BCUT2D eigenvalue weighted by Gasteiger charge is 2.12. The number of amides is 1. The van der Waals surface area contributed by atoms with Crippen LogP contribution < -0.4 is 5.43 Å². The highest BCUT2D eigenvalue weighted by atomic mass is 35.5. The predicted molar refractivity (Wildman–Crippen MR) is 110 cm³/mol. The van der Waals surface area contributed by atoms with E-state index in [-0.39, 0.29) is 11.3 Å². The number of hydrazone groups is 1. The average molecular weight is 391 g/mol. The molecule has 3 aromatic carbocycles. The zero-order valence-electron chi connectivity index (χ0n) is 14.6. The summed E-state index contributed by atoms with van der Waals surface area (Å²) in [6.07, 6.45) is 1.40. The van der Waals surface area contributed by atoms with Crippen molar-refractivity contribution >= 4 is 34.5 Å². The molecule has 0 unspecified atom stereocenters. The van der Waals surface area contributed by atoms with Crippen molar-refractivity contribution in [2.75, 3.05) is 0 Å². The highest BCUT2D eigenvalue weighted by molar-refractivity contribution is 6.30. The van der Waals surface area contributed by atoms with Crippen molar-refractivity contribution in [1.29, 1.82) is 0 Å². The van der Waals surface area contributed by atoms with Gasteiger partial charge in [-0.05, 0) is 59.3 Å². The molecule has 28 heavy (non-hydrogen) atoms. The highest BCUT2D eigenvalue weighted by Crippen LogP contribution is 2.25. The van der Waals surface area contributed by atoms with Crippen molar-refractivity contribution in [3.8, 4) is 17.1 Å². The molecule has 0 bridgehead atoms. The third-order valence-corrected chi connectivity index (χ3v) is 4.47. The number of rotatable bonds is 4. The van der Waals surface area contributed by atoms with Crippen LogP contribution in [0.2, 0.25) is 5.02 Å². The topological polar surface area (TPSA) is 74.8 Å². The number of hydrogen-bond donors (Lipinski definition) is 2. The fourth-order valence-corrected chi connectivity index (χ4v) is 2.94. The molecular weight excluding hydrogens is 376 g/mol. The quantitative estimate of drug-likeness (QED) is 0.370. The van der Waals surface area contributed by atoms with E-state index in [0.29, 0.717) is 16.5 Å². The standard InChI is InChI=1S/C22H15ClN2O3/c23-17-7-5-14(6-8-17)21-10-9-18(28-21)13-24-25-22(27)19-11-15-3-1-2-4-16(15)12-20(19)26/h1-13,26H,(H,25,27)/b24-13-. The molecule has 0 saturated carbocycles. The smallest absolute Gasteiger partial charge is 0.275 e. The van der Waals surface area contributed by atoms with Gasteiger partial charge in [0.2, 0.25) is 0 Å². The van der Waals surface area contributed by atoms with E-state index < -0.39 is 5.91 Å². The van der Waals surface area contributed by atoms with Gasteiger partial charge >= 0.3 is 0 Å². The summed E-state index contributed by atoms with van der Waals surface area (Å²) in [5.41, 5.74) is 3.44. The Bertz CT molecular complexity index is 1180. The minimum Gasteiger partial charge on any atom is -0.507 e. The van der Waals surface area contributed by atoms with E-state index in [1.54, 1.807) is 30.3 Å². The van der Waals surface area contributed by atoms with Crippen LogP contribution in [-0.4, -0.2) is 17.2 Å². The SMILES string of the molecule is O=C(N/N=C\c1ccc(-c2ccc(Cl)cc2)o1)c1cc2ccccc2cc1O. The largest absolute Gasteiger partial charge is 0.507 e. The number of nitrogens with zero attached hydrogens (tertiary/aromatic N) is 1. The van der Waals surface area contributed by atoms with Gasteiger partial charge in [-0.3, -0.25) is 4.79 Å². The maximum atomic E-state index is 12.3. The molecule has 4 rings (SSSR count). The summed E-state index contributed by atoms with van der Waals surface area (Å²) < 4.78 is 5.69. The monoisotopic (exact) mass is 390 g/mol. The van der Waals surface area contributed by atoms with Gasteiger partial charge in [-0.2, -0.15) is 5.10 Å². The second-order valence-corrected chi connectivity index (χ2v) is 6.56. The lowest BCUT2D eigenvalue weighted by atomic mass is 10.1. The summed E-state index contributed by atoms with van der Waals surface area (Å²) in [6, 6.07) is 21.5. The molecule has 0 saturated heterocycles. The molecular formula is C22H15ClN2O3. The number of aromatic hydroxyl groups is 1. The minimum atomic E-state index is -0.510. The van der Waals surface area contributed by atoms with Crippen LogP contribution in [0.4, 0.5) is 0 Å². The van der Waals surface area contributed by atoms with E-state index in [0.717, 1.165) is 16.3 Å². The molecule has 0 aliphatic rings. The molecule has 0 fully saturated rings. The number of benzene rings is 3. The van der Waals surface area contributed by atoms with Gasteiger partial charge in [-0.1, -0.05) is 35.9 Å². The van der Waals surface area contributed by atoms with Crippen molar-refractivity contribution < 1.29 is 14.3 Å². The second-order valence-electron chi connectivity index (χ2n) is 6.12. The van der Waals surface area contributed by atoms with Crippen LogP contribution in [0.1, 0.15) is 16.1 Å². The molecule has 0 spiro atoms. The summed E-state index contributed by atoms with van der Waals surface area (Å²) in [4.78, 5) is 12.3. The van der Waals surface area contributed by atoms with Crippen molar-refractivity contribution in [2.24, 2.45) is 5.10 Å². The lowest BCUT2D eigenvalue weighted by Gasteiger charge is -2.05. The molecule has 2 N–H and O–H groups in total. The Morgan fingerprint density at radius 2 is 1.71 bits per heavy atom. The Morgan fingerprint density at radius 1 is 1.00 bits per heavy atom. The summed E-state index contributed by atoms with van der Waals surface area (Å²) >= 11 is 5.89. The Hall–Kier alpha value is -3.57. The number of carbonyl (C=O) groups is 1. The first-order valence-corrected chi connectivity index (χ1v) is 8.89. The van der Waals surface area contributed by atoms with E-state index in [2.05, 4.69) is 10.5 Å². The number of halogens is 1. The van der Waals surface area contributed by atoms with E-state index in [9.17, 15) is 9.90 Å². The number of nitrogens with one attached hydrogen (secondary N) is 1. The average Bonchev–Trinajstić information content (AvgIpc) is 3.17.